The van der Waals surface area contributed by atoms with Crippen molar-refractivity contribution in [3.63, 3.8) is 0 Å². The molecular weight excluding hydrogens is 248 g/mol. The average molecular weight is 276 g/mol. The van der Waals surface area contributed by atoms with Gasteiger partial charge >= 0.3 is 0 Å². The molecule has 1 aromatic rings. The lowest BCUT2D eigenvalue weighted by Gasteiger charge is -2.42. The van der Waals surface area contributed by atoms with Crippen molar-refractivity contribution in [3.05, 3.63) is 11.3 Å². The number of aromatic nitrogens is 2. The van der Waals surface area contributed by atoms with Gasteiger partial charge in [-0.3, -0.25) is 4.68 Å². The van der Waals surface area contributed by atoms with Crippen molar-refractivity contribution in [2.45, 2.75) is 45.6 Å². The largest absolute Gasteiger partial charge is 0.356 e. The Morgan fingerprint density at radius 3 is 2.70 bits per heavy atom. The van der Waals surface area contributed by atoms with E-state index in [9.17, 15) is 0 Å². The van der Waals surface area contributed by atoms with E-state index in [0.29, 0.717) is 0 Å². The van der Waals surface area contributed by atoms with E-state index in [1.807, 2.05) is 7.05 Å². The first-order valence-electron chi connectivity index (χ1n) is 8.12. The van der Waals surface area contributed by atoms with Crippen molar-refractivity contribution < 1.29 is 0 Å². The monoisotopic (exact) mass is 276 g/mol. The van der Waals surface area contributed by atoms with Gasteiger partial charge in [-0.05, 0) is 38.6 Å². The van der Waals surface area contributed by atoms with Crippen LogP contribution >= 0.6 is 0 Å². The minimum Gasteiger partial charge on any atom is -0.356 e. The Morgan fingerprint density at radius 2 is 1.95 bits per heavy atom. The van der Waals surface area contributed by atoms with Crippen LogP contribution in [0.25, 0.3) is 0 Å². The fourth-order valence-corrected chi connectivity index (χ4v) is 4.26. The van der Waals surface area contributed by atoms with Gasteiger partial charge in [0.05, 0.1) is 5.69 Å². The van der Waals surface area contributed by atoms with Gasteiger partial charge in [0, 0.05) is 32.2 Å². The average Bonchev–Trinajstić information content (AvgIpc) is 2.73. The van der Waals surface area contributed by atoms with E-state index in [1.54, 1.807) is 0 Å². The van der Waals surface area contributed by atoms with Gasteiger partial charge in [-0.1, -0.05) is 19.3 Å². The summed E-state index contributed by atoms with van der Waals surface area (Å²) >= 11 is 0. The lowest BCUT2D eigenvalue weighted by molar-refractivity contribution is 0.201. The van der Waals surface area contributed by atoms with Crippen molar-refractivity contribution in [2.24, 2.45) is 18.9 Å². The molecule has 112 valence electrons. The summed E-state index contributed by atoms with van der Waals surface area (Å²) in [6, 6.07) is 0. The molecule has 1 aliphatic heterocycles. The molecule has 4 heteroatoms. The fourth-order valence-electron chi connectivity index (χ4n) is 4.26. The Labute approximate surface area is 122 Å². The third kappa shape index (κ3) is 2.46. The Bertz CT molecular complexity index is 465. The molecule has 1 N–H and O–H groups in total. The maximum absolute atomic E-state index is 4.64. The number of anilines is 1. The van der Waals surface area contributed by atoms with Crippen molar-refractivity contribution in [1.82, 2.24) is 15.1 Å². The molecule has 1 saturated carbocycles. The Hall–Kier alpha value is -1.03. The van der Waals surface area contributed by atoms with Gasteiger partial charge in [0.1, 0.15) is 5.82 Å². The molecule has 4 nitrogen and oxygen atoms in total. The van der Waals surface area contributed by atoms with Crippen LogP contribution in [0, 0.1) is 18.8 Å². The van der Waals surface area contributed by atoms with Crippen LogP contribution in [0.4, 0.5) is 5.82 Å². The van der Waals surface area contributed by atoms with E-state index in [2.05, 4.69) is 34.0 Å². The molecule has 2 fully saturated rings. The van der Waals surface area contributed by atoms with Gasteiger partial charge < -0.3 is 10.2 Å². The zero-order valence-electron chi connectivity index (χ0n) is 13.2. The molecule has 0 radical (unpaired) electrons. The molecule has 0 bridgehead atoms. The molecule has 0 amide bonds. The van der Waals surface area contributed by atoms with E-state index in [-0.39, 0.29) is 0 Å². The predicted octanol–water partition coefficient (Wildman–Crippen LogP) is 2.46. The molecule has 1 saturated heterocycles. The summed E-state index contributed by atoms with van der Waals surface area (Å²) in [4.78, 5) is 2.60. The minimum atomic E-state index is 0.912. The van der Waals surface area contributed by atoms with Gasteiger partial charge in [-0.15, -0.1) is 0 Å². The zero-order valence-corrected chi connectivity index (χ0v) is 13.2. The maximum atomic E-state index is 4.64. The second-order valence-electron chi connectivity index (χ2n) is 6.58. The first-order valence-corrected chi connectivity index (χ1v) is 8.12. The molecule has 2 aliphatic rings. The number of fused-ring (bicyclic) bond motifs is 1. The molecule has 2 heterocycles. The van der Waals surface area contributed by atoms with E-state index in [0.717, 1.165) is 18.4 Å². The summed E-state index contributed by atoms with van der Waals surface area (Å²) in [5, 5.41) is 7.94. The second-order valence-corrected chi connectivity index (χ2v) is 6.58. The smallest absolute Gasteiger partial charge is 0.131 e. The maximum Gasteiger partial charge on any atom is 0.131 e. The SMILES string of the molecule is CNCc1c(C)nn(C)c1N1CCC2CCCCC2C1. The van der Waals surface area contributed by atoms with E-state index in [4.69, 9.17) is 0 Å². The van der Waals surface area contributed by atoms with Crippen molar-refractivity contribution in [2.75, 3.05) is 25.0 Å². The first-order chi connectivity index (χ1) is 9.70. The highest BCUT2D eigenvalue weighted by molar-refractivity contribution is 5.50. The molecule has 0 spiro atoms. The summed E-state index contributed by atoms with van der Waals surface area (Å²) in [5.41, 5.74) is 2.55. The molecule has 20 heavy (non-hydrogen) atoms. The van der Waals surface area contributed by atoms with Gasteiger partial charge in [0.25, 0.3) is 0 Å². The van der Waals surface area contributed by atoms with Crippen LogP contribution in [0.2, 0.25) is 0 Å². The minimum absolute atomic E-state index is 0.912. The quantitative estimate of drug-likeness (QED) is 0.920. The predicted molar refractivity (Wildman–Crippen MR) is 83.0 cm³/mol. The number of aryl methyl sites for hydroxylation is 2. The van der Waals surface area contributed by atoms with Crippen molar-refractivity contribution in [1.29, 1.82) is 0 Å². The highest BCUT2D eigenvalue weighted by Crippen LogP contribution is 2.38. The summed E-state index contributed by atoms with van der Waals surface area (Å²) in [5.74, 6) is 3.25. The van der Waals surface area contributed by atoms with E-state index >= 15 is 0 Å². The van der Waals surface area contributed by atoms with Crippen molar-refractivity contribution in [3.8, 4) is 0 Å². The van der Waals surface area contributed by atoms with E-state index in [1.165, 1.54) is 62.3 Å². The number of rotatable bonds is 3. The normalized spacial score (nSPS) is 26.6. The van der Waals surface area contributed by atoms with Crippen LogP contribution in [-0.2, 0) is 13.6 Å². The first kappa shape index (κ1) is 13.9. The summed E-state index contributed by atoms with van der Waals surface area (Å²) in [7, 11) is 4.11. The van der Waals surface area contributed by atoms with E-state index < -0.39 is 0 Å². The third-order valence-corrected chi connectivity index (χ3v) is 5.26. The topological polar surface area (TPSA) is 33.1 Å². The number of hydrogen-bond donors (Lipinski definition) is 1. The number of hydrogen-bond acceptors (Lipinski definition) is 3. The molecule has 1 aliphatic carbocycles. The lowest BCUT2D eigenvalue weighted by atomic mass is 9.75. The summed E-state index contributed by atoms with van der Waals surface area (Å²) in [6.45, 7) is 5.49. The number of piperidine rings is 1. The molecule has 1 aromatic heterocycles. The zero-order chi connectivity index (χ0) is 14.1. The summed E-state index contributed by atoms with van der Waals surface area (Å²) in [6.07, 6.45) is 7.15. The third-order valence-electron chi connectivity index (χ3n) is 5.26. The van der Waals surface area contributed by atoms with Gasteiger partial charge in [-0.2, -0.15) is 5.10 Å². The second kappa shape index (κ2) is 5.76. The van der Waals surface area contributed by atoms with Gasteiger partial charge in [-0.25, -0.2) is 0 Å². The van der Waals surface area contributed by atoms with Crippen LogP contribution in [0.15, 0.2) is 0 Å². The Balaban J connectivity index is 1.82. The van der Waals surface area contributed by atoms with Crippen LogP contribution in [0.1, 0.15) is 43.4 Å². The number of nitrogens with one attached hydrogen (secondary N) is 1. The molecule has 2 atom stereocenters. The standard InChI is InChI=1S/C16H28N4/c1-12-15(10-17-2)16(19(3)18-12)20-9-8-13-6-4-5-7-14(13)11-20/h13-14,17H,4-11H2,1-3H3. The van der Waals surface area contributed by atoms with Gasteiger partial charge in [0.15, 0.2) is 0 Å². The van der Waals surface area contributed by atoms with Gasteiger partial charge in [0.2, 0.25) is 0 Å². The highest BCUT2D eigenvalue weighted by Gasteiger charge is 2.33. The van der Waals surface area contributed by atoms with Crippen LogP contribution in [0.3, 0.4) is 0 Å². The van der Waals surface area contributed by atoms with Crippen LogP contribution < -0.4 is 10.2 Å². The molecule has 3 rings (SSSR count). The molecular formula is C16H28N4. The van der Waals surface area contributed by atoms with Crippen LogP contribution in [-0.4, -0.2) is 29.9 Å². The van der Waals surface area contributed by atoms with Crippen LogP contribution in [0.5, 0.6) is 0 Å². The lowest BCUT2D eigenvalue weighted by Crippen LogP contribution is -2.43. The van der Waals surface area contributed by atoms with Crippen molar-refractivity contribution >= 4 is 5.82 Å². The number of nitrogens with zero attached hydrogens (tertiary/aromatic N) is 3. The highest BCUT2D eigenvalue weighted by atomic mass is 15.4. The Morgan fingerprint density at radius 1 is 1.20 bits per heavy atom. The fraction of sp³-hybridized carbons (Fsp3) is 0.812. The Kier molecular flexibility index (Phi) is 4.01. The molecule has 2 unspecified atom stereocenters. The summed E-state index contributed by atoms with van der Waals surface area (Å²) < 4.78 is 2.09. The molecule has 0 aromatic carbocycles.